The Kier molecular flexibility index (Phi) is 5.23. The van der Waals surface area contributed by atoms with E-state index in [0.29, 0.717) is 17.4 Å². The summed E-state index contributed by atoms with van der Waals surface area (Å²) in [4.78, 5) is 21.8. The molecule has 0 amide bonds. The summed E-state index contributed by atoms with van der Waals surface area (Å²) in [7, 11) is -7.11. The van der Waals surface area contributed by atoms with Gasteiger partial charge in [0.25, 0.3) is 5.56 Å². The van der Waals surface area contributed by atoms with Gasteiger partial charge in [0.2, 0.25) is 25.0 Å². The zero-order chi connectivity index (χ0) is 22.6. The summed E-state index contributed by atoms with van der Waals surface area (Å²) in [6.45, 7) is 2.28. The fourth-order valence-electron chi connectivity index (χ4n) is 3.91. The molecule has 4 rings (SSSR count). The Labute approximate surface area is 180 Å². The maximum atomic E-state index is 13.6. The largest absolute Gasteiger partial charge is 0.288 e. The van der Waals surface area contributed by atoms with Crippen LogP contribution in [0.15, 0.2) is 46.5 Å². The molecule has 9 nitrogen and oxygen atoms in total. The monoisotopic (exact) mass is 462 g/mol. The van der Waals surface area contributed by atoms with Gasteiger partial charge in [0.1, 0.15) is 5.65 Å². The highest BCUT2D eigenvalue weighted by Crippen LogP contribution is 2.29. The van der Waals surface area contributed by atoms with Crippen LogP contribution in [0.3, 0.4) is 0 Å². The third kappa shape index (κ3) is 4.00. The molecule has 0 unspecified atom stereocenters. The Hall–Kier alpha value is -2.63. The number of benzene rings is 1. The molecule has 1 aliphatic heterocycles. The molecule has 3 aromatic rings. The lowest BCUT2D eigenvalue weighted by Gasteiger charge is -2.19. The van der Waals surface area contributed by atoms with Crippen molar-refractivity contribution in [1.29, 1.82) is 0 Å². The number of fused-ring (bicyclic) bond motifs is 1. The zero-order valence-electron chi connectivity index (χ0n) is 17.3. The third-order valence-corrected chi connectivity index (χ3v) is 7.61. The van der Waals surface area contributed by atoms with Gasteiger partial charge >= 0.3 is 0 Å². The fraction of sp³-hybridized carbons (Fsp3) is 0.350. The van der Waals surface area contributed by atoms with E-state index in [2.05, 4.69) is 9.97 Å². The summed E-state index contributed by atoms with van der Waals surface area (Å²) < 4.78 is 50.8. The van der Waals surface area contributed by atoms with Crippen molar-refractivity contribution < 1.29 is 16.8 Å². The Morgan fingerprint density at radius 1 is 1.06 bits per heavy atom. The summed E-state index contributed by atoms with van der Waals surface area (Å²) in [6.07, 6.45) is 3.93. The van der Waals surface area contributed by atoms with E-state index in [1.54, 1.807) is 6.07 Å². The highest BCUT2D eigenvalue weighted by atomic mass is 32.2. The molecule has 164 valence electrons. The molecule has 0 spiro atoms. The first-order valence-corrected chi connectivity index (χ1v) is 13.3. The van der Waals surface area contributed by atoms with Crippen molar-refractivity contribution in [2.24, 2.45) is 0 Å². The Morgan fingerprint density at radius 2 is 1.77 bits per heavy atom. The number of pyridine rings is 1. The molecular formula is C20H22N4O5S2. The highest BCUT2D eigenvalue weighted by Gasteiger charge is 2.32. The van der Waals surface area contributed by atoms with Crippen LogP contribution in [0.1, 0.15) is 18.0 Å². The first-order chi connectivity index (χ1) is 14.5. The van der Waals surface area contributed by atoms with Crippen LogP contribution in [0.4, 0.5) is 0 Å². The van der Waals surface area contributed by atoms with Gasteiger partial charge in [0.15, 0.2) is 0 Å². The van der Waals surface area contributed by atoms with Crippen LogP contribution in [0.5, 0.6) is 0 Å². The number of sulfone groups is 1. The first-order valence-electron chi connectivity index (χ1n) is 9.60. The second-order valence-corrected chi connectivity index (χ2v) is 11.7. The predicted molar refractivity (Wildman–Crippen MR) is 117 cm³/mol. The van der Waals surface area contributed by atoms with Gasteiger partial charge in [0, 0.05) is 36.5 Å². The van der Waals surface area contributed by atoms with E-state index >= 15 is 0 Å². The molecule has 3 heterocycles. The maximum absolute atomic E-state index is 13.6. The second kappa shape index (κ2) is 7.50. The van der Waals surface area contributed by atoms with Crippen molar-refractivity contribution in [2.75, 3.05) is 25.6 Å². The van der Waals surface area contributed by atoms with Crippen LogP contribution in [-0.4, -0.2) is 61.3 Å². The van der Waals surface area contributed by atoms with E-state index in [1.807, 2.05) is 31.2 Å². The molecule has 0 saturated carbocycles. The van der Waals surface area contributed by atoms with Crippen molar-refractivity contribution in [2.45, 2.75) is 24.5 Å². The number of aromatic nitrogens is 3. The Balaban J connectivity index is 2.01. The van der Waals surface area contributed by atoms with Gasteiger partial charge in [-0.15, -0.1) is 0 Å². The van der Waals surface area contributed by atoms with Crippen LogP contribution < -0.4 is 5.56 Å². The first kappa shape index (κ1) is 21.6. The number of nitrogens with zero attached hydrogens (tertiary/aromatic N) is 4. The molecule has 2 aromatic heterocycles. The maximum Gasteiger partial charge on any atom is 0.260 e. The Bertz CT molecular complexity index is 1460. The number of aryl methyl sites for hydroxylation is 1. The Morgan fingerprint density at radius 3 is 2.39 bits per heavy atom. The van der Waals surface area contributed by atoms with Gasteiger partial charge in [-0.1, -0.05) is 24.3 Å². The van der Waals surface area contributed by atoms with Crippen molar-refractivity contribution >= 4 is 30.9 Å². The molecule has 0 radical (unpaired) electrons. The number of hydrogen-bond donors (Lipinski definition) is 0. The quantitative estimate of drug-likeness (QED) is 0.537. The van der Waals surface area contributed by atoms with Gasteiger partial charge in [-0.05, 0) is 30.5 Å². The van der Waals surface area contributed by atoms with Gasteiger partial charge in [0.05, 0.1) is 12.3 Å². The van der Waals surface area contributed by atoms with Crippen molar-refractivity contribution in [3.05, 3.63) is 52.4 Å². The average molecular weight is 463 g/mol. The summed E-state index contributed by atoms with van der Waals surface area (Å²) in [6, 6.07) is 8.63. The number of rotatable bonds is 4. The summed E-state index contributed by atoms with van der Waals surface area (Å²) >= 11 is 0. The lowest BCUT2D eigenvalue weighted by Crippen LogP contribution is -2.32. The fourth-order valence-corrected chi connectivity index (χ4v) is 5.29. The van der Waals surface area contributed by atoms with Crippen molar-refractivity contribution in [1.82, 2.24) is 18.8 Å². The molecule has 0 bridgehead atoms. The van der Waals surface area contributed by atoms with E-state index in [0.717, 1.165) is 23.6 Å². The van der Waals surface area contributed by atoms with Crippen LogP contribution >= 0.6 is 0 Å². The summed E-state index contributed by atoms with van der Waals surface area (Å²) in [5.74, 6) is 0. The molecular weight excluding hydrogens is 440 g/mol. The van der Waals surface area contributed by atoms with E-state index in [-0.39, 0.29) is 29.5 Å². The predicted octanol–water partition coefficient (Wildman–Crippen LogP) is 1.38. The highest BCUT2D eigenvalue weighted by molar-refractivity contribution is 7.90. The molecule has 0 N–H and O–H groups in total. The van der Waals surface area contributed by atoms with Crippen LogP contribution in [0.2, 0.25) is 0 Å². The molecule has 1 fully saturated rings. The number of hydrogen-bond acceptors (Lipinski definition) is 7. The summed E-state index contributed by atoms with van der Waals surface area (Å²) in [5, 5.41) is 0.123. The van der Waals surface area contributed by atoms with Crippen molar-refractivity contribution in [3.8, 4) is 11.1 Å². The zero-order valence-corrected chi connectivity index (χ0v) is 18.9. The van der Waals surface area contributed by atoms with E-state index < -0.39 is 25.9 Å². The van der Waals surface area contributed by atoms with E-state index in [1.165, 1.54) is 15.1 Å². The van der Waals surface area contributed by atoms with Gasteiger partial charge in [-0.3, -0.25) is 9.36 Å². The molecule has 1 saturated heterocycles. The smallest absolute Gasteiger partial charge is 0.260 e. The lowest BCUT2D eigenvalue weighted by molar-refractivity contribution is 0.455. The van der Waals surface area contributed by atoms with Crippen LogP contribution in [0.25, 0.3) is 22.2 Å². The van der Waals surface area contributed by atoms with Gasteiger partial charge in [-0.2, -0.15) is 4.98 Å². The van der Waals surface area contributed by atoms with E-state index in [9.17, 15) is 21.6 Å². The second-order valence-electron chi connectivity index (χ2n) is 7.82. The lowest BCUT2D eigenvalue weighted by atomic mass is 10.0. The van der Waals surface area contributed by atoms with Crippen LogP contribution in [0, 0.1) is 6.92 Å². The van der Waals surface area contributed by atoms with Gasteiger partial charge in [-0.25, -0.2) is 26.1 Å². The topological polar surface area (TPSA) is 119 Å². The molecule has 0 aliphatic carbocycles. The molecule has 1 atom stereocenters. The SMILES string of the molecule is Cc1ccccc1-c1cc2cnc(S(C)(=O)=O)nc2n([C@H]2CCN(S(C)(=O)=O)C2)c1=O. The van der Waals surface area contributed by atoms with Crippen molar-refractivity contribution in [3.63, 3.8) is 0 Å². The molecule has 1 aromatic carbocycles. The summed E-state index contributed by atoms with van der Waals surface area (Å²) in [5.41, 5.74) is 1.91. The molecule has 31 heavy (non-hydrogen) atoms. The number of sulfonamides is 1. The van der Waals surface area contributed by atoms with E-state index in [4.69, 9.17) is 0 Å². The standard InChI is InChI=1S/C20H22N4O5S2/c1-13-6-4-5-7-16(13)17-10-14-11-21-20(30(2,26)27)22-18(14)24(19(17)25)15-8-9-23(12-15)31(3,28)29/h4-7,10-11,15H,8-9,12H2,1-3H3/t15-/m0/s1. The molecule has 1 aliphatic rings. The van der Waals surface area contributed by atoms with Gasteiger partial charge < -0.3 is 0 Å². The minimum absolute atomic E-state index is 0.114. The minimum atomic E-state index is -3.69. The third-order valence-electron chi connectivity index (χ3n) is 5.48. The van der Waals surface area contributed by atoms with Crippen LogP contribution in [-0.2, 0) is 19.9 Å². The minimum Gasteiger partial charge on any atom is -0.288 e. The normalized spacial score (nSPS) is 18.0. The average Bonchev–Trinajstić information content (AvgIpc) is 3.17. The molecule has 11 heteroatoms.